The van der Waals surface area contributed by atoms with Gasteiger partial charge in [-0.1, -0.05) is 25.1 Å². The lowest BCUT2D eigenvalue weighted by atomic mass is 10.2. The Bertz CT molecular complexity index is 509. The molecule has 0 fully saturated rings. The number of halogens is 2. The predicted octanol–water partition coefficient (Wildman–Crippen LogP) is 2.68. The summed E-state index contributed by atoms with van der Waals surface area (Å²) >= 11 is 0. The van der Waals surface area contributed by atoms with Gasteiger partial charge in [0.25, 0.3) is 0 Å². The minimum absolute atomic E-state index is 0.174. The minimum Gasteiger partial charge on any atom is -0.434 e. The van der Waals surface area contributed by atoms with E-state index < -0.39 is 6.61 Å². The fourth-order valence-electron chi connectivity index (χ4n) is 2.36. The lowest BCUT2D eigenvalue weighted by Crippen LogP contribution is -2.42. The minimum atomic E-state index is -2.83. The van der Waals surface area contributed by atoms with Crippen LogP contribution in [0.25, 0.3) is 0 Å². The van der Waals surface area contributed by atoms with Crippen LogP contribution in [0, 0.1) is 0 Å². The van der Waals surface area contributed by atoms with Crippen LogP contribution in [-0.4, -0.2) is 50.2 Å². The van der Waals surface area contributed by atoms with Crippen LogP contribution in [0.4, 0.5) is 8.78 Å². The summed E-state index contributed by atoms with van der Waals surface area (Å²) in [5.41, 5.74) is 0.651. The summed E-state index contributed by atoms with van der Waals surface area (Å²) in [6, 6.07) is 7.22. The molecule has 0 saturated heterocycles. The number of likely N-dealkylation sites (N-methyl/N-ethyl adjacent to an activating group) is 1. The smallest absolute Gasteiger partial charge is 0.387 e. The molecule has 0 aliphatic rings. The van der Waals surface area contributed by atoms with Crippen molar-refractivity contribution in [1.82, 2.24) is 15.5 Å². The number of aliphatic imine (C=N–C) groups is 1. The summed E-state index contributed by atoms with van der Waals surface area (Å²) < 4.78 is 29.4. The summed E-state index contributed by atoms with van der Waals surface area (Å²) in [6.45, 7) is 6.62. The van der Waals surface area contributed by atoms with Gasteiger partial charge in [-0.3, -0.25) is 9.89 Å². The van der Waals surface area contributed by atoms with E-state index in [9.17, 15) is 8.78 Å². The highest BCUT2D eigenvalue weighted by Crippen LogP contribution is 2.19. The Hall–Kier alpha value is -1.89. The first-order valence-corrected chi connectivity index (χ1v) is 8.19. The first-order chi connectivity index (χ1) is 11.5. The Kier molecular flexibility index (Phi) is 9.07. The maximum atomic E-state index is 12.4. The molecule has 1 rings (SSSR count). The van der Waals surface area contributed by atoms with Crippen LogP contribution in [0.15, 0.2) is 29.3 Å². The molecule has 1 aromatic carbocycles. The topological polar surface area (TPSA) is 48.9 Å². The maximum Gasteiger partial charge on any atom is 0.387 e. The van der Waals surface area contributed by atoms with Crippen LogP contribution in [-0.2, 0) is 6.54 Å². The molecular formula is C17H28F2N4O. The Morgan fingerprint density at radius 2 is 1.96 bits per heavy atom. The van der Waals surface area contributed by atoms with E-state index in [4.69, 9.17) is 0 Å². The van der Waals surface area contributed by atoms with E-state index in [1.807, 2.05) is 0 Å². The van der Waals surface area contributed by atoms with Crippen molar-refractivity contribution in [3.8, 4) is 5.75 Å². The van der Waals surface area contributed by atoms with E-state index in [1.165, 1.54) is 6.07 Å². The fourth-order valence-corrected chi connectivity index (χ4v) is 2.36. The molecule has 0 saturated carbocycles. The van der Waals surface area contributed by atoms with Crippen molar-refractivity contribution in [2.45, 2.75) is 40.0 Å². The number of hydrogen-bond donors (Lipinski definition) is 2. The summed E-state index contributed by atoms with van der Waals surface area (Å²) in [7, 11) is 1.68. The number of benzene rings is 1. The van der Waals surface area contributed by atoms with Crippen LogP contribution in [0.5, 0.6) is 5.75 Å². The highest BCUT2D eigenvalue weighted by atomic mass is 19.3. The van der Waals surface area contributed by atoms with E-state index >= 15 is 0 Å². The number of nitrogens with one attached hydrogen (secondary N) is 2. The molecule has 2 N–H and O–H groups in total. The van der Waals surface area contributed by atoms with Gasteiger partial charge in [0.15, 0.2) is 5.96 Å². The molecule has 24 heavy (non-hydrogen) atoms. The number of rotatable bonds is 9. The predicted molar refractivity (Wildman–Crippen MR) is 93.7 cm³/mol. The molecule has 0 aromatic heterocycles. The molecule has 0 radical (unpaired) electrons. The van der Waals surface area contributed by atoms with E-state index in [1.54, 1.807) is 25.2 Å². The van der Waals surface area contributed by atoms with E-state index in [-0.39, 0.29) is 5.75 Å². The van der Waals surface area contributed by atoms with Gasteiger partial charge in [0, 0.05) is 38.3 Å². The van der Waals surface area contributed by atoms with Gasteiger partial charge in [0.2, 0.25) is 0 Å². The van der Waals surface area contributed by atoms with Gasteiger partial charge in [-0.05, 0) is 26.5 Å². The van der Waals surface area contributed by atoms with Crippen molar-refractivity contribution >= 4 is 5.96 Å². The van der Waals surface area contributed by atoms with Gasteiger partial charge in [0.1, 0.15) is 5.75 Å². The molecule has 0 bridgehead atoms. The Balaban J connectivity index is 2.50. The second-order valence-electron chi connectivity index (χ2n) is 5.56. The molecule has 0 atom stereocenters. The summed E-state index contributed by atoms with van der Waals surface area (Å²) in [6.07, 6.45) is 0. The summed E-state index contributed by atoms with van der Waals surface area (Å²) in [5, 5.41) is 6.34. The van der Waals surface area contributed by atoms with Crippen molar-refractivity contribution < 1.29 is 13.5 Å². The molecule has 0 unspecified atom stereocenters. The standard InChI is InChI=1S/C17H28F2N4O/c1-5-23(13(2)3)11-10-21-17(20-4)22-12-14-8-6-7-9-15(14)24-16(18)19/h6-9,13,16H,5,10-12H2,1-4H3,(H2,20,21,22). The molecule has 0 heterocycles. The van der Waals surface area contributed by atoms with Crippen LogP contribution < -0.4 is 15.4 Å². The Labute approximate surface area is 143 Å². The molecular weight excluding hydrogens is 314 g/mol. The summed E-state index contributed by atoms with van der Waals surface area (Å²) in [5.74, 6) is 0.800. The quantitative estimate of drug-likeness (QED) is 0.535. The van der Waals surface area contributed by atoms with E-state index in [0.717, 1.165) is 19.6 Å². The summed E-state index contributed by atoms with van der Waals surface area (Å²) in [4.78, 5) is 6.49. The highest BCUT2D eigenvalue weighted by molar-refractivity contribution is 5.79. The van der Waals surface area contributed by atoms with E-state index in [0.29, 0.717) is 24.1 Å². The molecule has 1 aromatic rings. The third kappa shape index (κ3) is 7.12. The van der Waals surface area contributed by atoms with Crippen molar-refractivity contribution in [1.29, 1.82) is 0 Å². The van der Waals surface area contributed by atoms with E-state index in [2.05, 4.69) is 46.0 Å². The van der Waals surface area contributed by atoms with Crippen molar-refractivity contribution in [3.63, 3.8) is 0 Å². The van der Waals surface area contributed by atoms with Gasteiger partial charge in [-0.25, -0.2) is 0 Å². The monoisotopic (exact) mass is 342 g/mol. The highest BCUT2D eigenvalue weighted by Gasteiger charge is 2.10. The number of ether oxygens (including phenoxy) is 1. The second-order valence-corrected chi connectivity index (χ2v) is 5.56. The van der Waals surface area contributed by atoms with Crippen LogP contribution in [0.1, 0.15) is 26.3 Å². The average Bonchev–Trinajstić information content (AvgIpc) is 2.54. The van der Waals surface area contributed by atoms with Crippen LogP contribution in [0.2, 0.25) is 0 Å². The first kappa shape index (κ1) is 20.2. The van der Waals surface area contributed by atoms with Crippen molar-refractivity contribution in [3.05, 3.63) is 29.8 Å². The molecule has 136 valence electrons. The maximum absolute atomic E-state index is 12.4. The lowest BCUT2D eigenvalue weighted by molar-refractivity contribution is -0.0504. The number of guanidine groups is 1. The lowest BCUT2D eigenvalue weighted by Gasteiger charge is -2.25. The first-order valence-electron chi connectivity index (χ1n) is 8.19. The van der Waals surface area contributed by atoms with Crippen LogP contribution in [0.3, 0.4) is 0 Å². The van der Waals surface area contributed by atoms with Gasteiger partial charge < -0.3 is 15.4 Å². The normalized spacial score (nSPS) is 12.1. The molecule has 5 nitrogen and oxygen atoms in total. The molecule has 0 amide bonds. The number of hydrogen-bond acceptors (Lipinski definition) is 3. The third-order valence-corrected chi connectivity index (χ3v) is 3.69. The van der Waals surface area contributed by atoms with Crippen LogP contribution >= 0.6 is 0 Å². The number of alkyl halides is 2. The zero-order valence-corrected chi connectivity index (χ0v) is 14.9. The second kappa shape index (κ2) is 10.8. The number of nitrogens with zero attached hydrogens (tertiary/aromatic N) is 2. The molecule has 0 aliphatic carbocycles. The zero-order chi connectivity index (χ0) is 17.9. The number of para-hydroxylation sites is 1. The van der Waals surface area contributed by atoms with Crippen molar-refractivity contribution in [2.24, 2.45) is 4.99 Å². The molecule has 0 aliphatic heterocycles. The Morgan fingerprint density at radius 1 is 1.25 bits per heavy atom. The van der Waals surface area contributed by atoms with Gasteiger partial charge in [-0.15, -0.1) is 0 Å². The largest absolute Gasteiger partial charge is 0.434 e. The van der Waals surface area contributed by atoms with Gasteiger partial charge in [0.05, 0.1) is 0 Å². The van der Waals surface area contributed by atoms with Gasteiger partial charge >= 0.3 is 6.61 Å². The van der Waals surface area contributed by atoms with Crippen molar-refractivity contribution in [2.75, 3.05) is 26.7 Å². The Morgan fingerprint density at radius 3 is 2.54 bits per heavy atom. The zero-order valence-electron chi connectivity index (χ0n) is 14.9. The van der Waals surface area contributed by atoms with Gasteiger partial charge in [-0.2, -0.15) is 8.78 Å². The molecule has 0 spiro atoms. The SMILES string of the molecule is CCN(CCNC(=NC)NCc1ccccc1OC(F)F)C(C)C. The fraction of sp³-hybridized carbons (Fsp3) is 0.588. The molecule has 7 heteroatoms. The third-order valence-electron chi connectivity index (χ3n) is 3.69. The average molecular weight is 342 g/mol.